The van der Waals surface area contributed by atoms with E-state index in [0.29, 0.717) is 0 Å². The number of aromatic amines is 1. The molecule has 0 unspecified atom stereocenters. The fourth-order valence-electron chi connectivity index (χ4n) is 1.99. The molecule has 0 bridgehead atoms. The van der Waals surface area contributed by atoms with E-state index in [2.05, 4.69) is 46.4 Å². The average molecular weight is 223 g/mol. The Balaban J connectivity index is 2.14. The molecule has 2 heterocycles. The lowest BCUT2D eigenvalue weighted by atomic mass is 10.1. The Morgan fingerprint density at radius 2 is 2.12 bits per heavy atom. The van der Waals surface area contributed by atoms with E-state index in [1.54, 1.807) is 6.20 Å². The van der Waals surface area contributed by atoms with Gasteiger partial charge in [0.05, 0.1) is 5.69 Å². The molecular formula is C14H13N3. The van der Waals surface area contributed by atoms with Gasteiger partial charge in [-0.1, -0.05) is 13.0 Å². The molecule has 0 atom stereocenters. The molecule has 0 spiro atoms. The van der Waals surface area contributed by atoms with E-state index in [0.717, 1.165) is 23.3 Å². The number of aryl methyl sites for hydroxylation is 1. The quantitative estimate of drug-likeness (QED) is 0.725. The predicted molar refractivity (Wildman–Crippen MR) is 68.7 cm³/mol. The summed E-state index contributed by atoms with van der Waals surface area (Å²) in [5.41, 5.74) is 4.38. The van der Waals surface area contributed by atoms with E-state index in [1.165, 1.54) is 10.9 Å². The van der Waals surface area contributed by atoms with Gasteiger partial charge in [0.2, 0.25) is 0 Å². The normalized spacial score (nSPS) is 10.9. The van der Waals surface area contributed by atoms with Gasteiger partial charge in [-0.2, -0.15) is 5.10 Å². The molecule has 3 nitrogen and oxygen atoms in total. The van der Waals surface area contributed by atoms with Crippen LogP contribution in [-0.2, 0) is 6.42 Å². The number of hydrogen-bond donors (Lipinski definition) is 1. The highest BCUT2D eigenvalue weighted by Gasteiger charge is 2.04. The van der Waals surface area contributed by atoms with E-state index >= 15 is 0 Å². The van der Waals surface area contributed by atoms with Gasteiger partial charge in [0.25, 0.3) is 0 Å². The van der Waals surface area contributed by atoms with Crippen molar-refractivity contribution in [2.45, 2.75) is 13.3 Å². The van der Waals surface area contributed by atoms with Crippen LogP contribution in [-0.4, -0.2) is 15.2 Å². The molecule has 0 aliphatic rings. The van der Waals surface area contributed by atoms with Gasteiger partial charge in [-0.05, 0) is 42.3 Å². The molecule has 2 aromatic heterocycles. The molecule has 3 aromatic rings. The van der Waals surface area contributed by atoms with E-state index in [4.69, 9.17) is 0 Å². The Kier molecular flexibility index (Phi) is 2.37. The highest BCUT2D eigenvalue weighted by Crippen LogP contribution is 2.23. The van der Waals surface area contributed by atoms with Crippen LogP contribution in [0.15, 0.2) is 42.6 Å². The van der Waals surface area contributed by atoms with E-state index in [1.807, 2.05) is 12.1 Å². The standard InChI is InChI=1S/C14H13N3/c1-2-10-5-6-12-11(8-10)9-14(16-12)13-4-3-7-15-17-13/h3-9,16H,2H2,1H3. The first-order valence-electron chi connectivity index (χ1n) is 5.76. The molecule has 3 heteroatoms. The number of rotatable bonds is 2. The molecule has 17 heavy (non-hydrogen) atoms. The van der Waals surface area contributed by atoms with Crippen molar-refractivity contribution in [2.75, 3.05) is 0 Å². The monoisotopic (exact) mass is 223 g/mol. The van der Waals surface area contributed by atoms with E-state index in [9.17, 15) is 0 Å². The molecule has 0 aliphatic heterocycles. The number of aromatic nitrogens is 3. The first-order valence-corrected chi connectivity index (χ1v) is 5.76. The van der Waals surface area contributed by atoms with Crippen LogP contribution in [0.2, 0.25) is 0 Å². The minimum atomic E-state index is 0.877. The third-order valence-corrected chi connectivity index (χ3v) is 2.94. The third kappa shape index (κ3) is 1.80. The van der Waals surface area contributed by atoms with E-state index in [-0.39, 0.29) is 0 Å². The zero-order chi connectivity index (χ0) is 11.7. The molecule has 1 aromatic carbocycles. The van der Waals surface area contributed by atoms with Crippen molar-refractivity contribution in [3.63, 3.8) is 0 Å². The Bertz CT molecular complexity index is 641. The van der Waals surface area contributed by atoms with Crippen LogP contribution < -0.4 is 0 Å². The Morgan fingerprint density at radius 3 is 2.88 bits per heavy atom. The zero-order valence-corrected chi connectivity index (χ0v) is 9.64. The van der Waals surface area contributed by atoms with Crippen molar-refractivity contribution in [3.8, 4) is 11.4 Å². The van der Waals surface area contributed by atoms with Crippen LogP contribution in [0.1, 0.15) is 12.5 Å². The lowest BCUT2D eigenvalue weighted by molar-refractivity contribution is 1.03. The maximum Gasteiger partial charge on any atom is 0.109 e. The van der Waals surface area contributed by atoms with Crippen LogP contribution >= 0.6 is 0 Å². The van der Waals surface area contributed by atoms with Crippen LogP contribution in [0.3, 0.4) is 0 Å². The molecular weight excluding hydrogens is 210 g/mol. The molecule has 0 amide bonds. The van der Waals surface area contributed by atoms with Gasteiger partial charge < -0.3 is 4.98 Å². The lowest BCUT2D eigenvalue weighted by Crippen LogP contribution is -1.84. The lowest BCUT2D eigenvalue weighted by Gasteiger charge is -1.94. The molecule has 0 aliphatic carbocycles. The summed E-state index contributed by atoms with van der Waals surface area (Å²) >= 11 is 0. The van der Waals surface area contributed by atoms with Crippen molar-refractivity contribution in [1.29, 1.82) is 0 Å². The average Bonchev–Trinajstić information content (AvgIpc) is 2.82. The van der Waals surface area contributed by atoms with Crippen LogP contribution in [0.25, 0.3) is 22.3 Å². The summed E-state index contributed by atoms with van der Waals surface area (Å²) in [6.07, 6.45) is 2.74. The van der Waals surface area contributed by atoms with Gasteiger partial charge in [-0.15, -0.1) is 5.10 Å². The molecule has 0 saturated carbocycles. The summed E-state index contributed by atoms with van der Waals surface area (Å²) in [7, 11) is 0. The van der Waals surface area contributed by atoms with Gasteiger partial charge in [0.15, 0.2) is 0 Å². The smallest absolute Gasteiger partial charge is 0.109 e. The highest BCUT2D eigenvalue weighted by atomic mass is 15.1. The molecule has 84 valence electrons. The molecule has 1 N–H and O–H groups in total. The minimum Gasteiger partial charge on any atom is -0.353 e. The van der Waals surface area contributed by atoms with E-state index < -0.39 is 0 Å². The van der Waals surface area contributed by atoms with Crippen molar-refractivity contribution in [2.24, 2.45) is 0 Å². The van der Waals surface area contributed by atoms with Crippen molar-refractivity contribution in [3.05, 3.63) is 48.2 Å². The summed E-state index contributed by atoms with van der Waals surface area (Å²) < 4.78 is 0. The summed E-state index contributed by atoms with van der Waals surface area (Å²) in [5, 5.41) is 9.23. The number of nitrogens with zero attached hydrogens (tertiary/aromatic N) is 2. The molecule has 0 radical (unpaired) electrons. The van der Waals surface area contributed by atoms with Gasteiger partial charge in [-0.25, -0.2) is 0 Å². The first kappa shape index (κ1) is 10.0. The SMILES string of the molecule is CCc1ccc2[nH]c(-c3cccnn3)cc2c1. The molecule has 0 saturated heterocycles. The predicted octanol–water partition coefficient (Wildman–Crippen LogP) is 3.19. The number of H-pyrrole nitrogens is 1. The Labute approximate surface area is 99.5 Å². The largest absolute Gasteiger partial charge is 0.353 e. The summed E-state index contributed by atoms with van der Waals surface area (Å²) in [4.78, 5) is 3.36. The van der Waals surface area contributed by atoms with Crippen LogP contribution in [0, 0.1) is 0 Å². The highest BCUT2D eigenvalue weighted by molar-refractivity contribution is 5.85. The van der Waals surface area contributed by atoms with Crippen molar-refractivity contribution < 1.29 is 0 Å². The van der Waals surface area contributed by atoms with Gasteiger partial charge in [0, 0.05) is 17.1 Å². The Hall–Kier alpha value is -2.16. The maximum atomic E-state index is 4.11. The number of hydrogen-bond acceptors (Lipinski definition) is 2. The molecule has 0 fully saturated rings. The summed E-state index contributed by atoms with van der Waals surface area (Å²) in [6.45, 7) is 2.16. The zero-order valence-electron chi connectivity index (χ0n) is 9.64. The topological polar surface area (TPSA) is 41.6 Å². The van der Waals surface area contributed by atoms with Gasteiger partial charge in [0.1, 0.15) is 5.69 Å². The van der Waals surface area contributed by atoms with Crippen molar-refractivity contribution >= 4 is 10.9 Å². The third-order valence-electron chi connectivity index (χ3n) is 2.94. The Morgan fingerprint density at radius 1 is 1.18 bits per heavy atom. The fourth-order valence-corrected chi connectivity index (χ4v) is 1.99. The minimum absolute atomic E-state index is 0.877. The second-order valence-electron chi connectivity index (χ2n) is 4.07. The fraction of sp³-hybridized carbons (Fsp3) is 0.143. The second-order valence-corrected chi connectivity index (χ2v) is 4.07. The summed E-state index contributed by atoms with van der Waals surface area (Å²) in [6, 6.07) is 12.5. The summed E-state index contributed by atoms with van der Waals surface area (Å²) in [5.74, 6) is 0. The van der Waals surface area contributed by atoms with Crippen molar-refractivity contribution in [1.82, 2.24) is 15.2 Å². The number of nitrogens with one attached hydrogen (secondary N) is 1. The number of fused-ring (bicyclic) bond motifs is 1. The van der Waals surface area contributed by atoms with Crippen LogP contribution in [0.4, 0.5) is 0 Å². The maximum absolute atomic E-state index is 4.11. The van der Waals surface area contributed by atoms with Gasteiger partial charge >= 0.3 is 0 Å². The number of benzene rings is 1. The second kappa shape index (κ2) is 4.01. The molecule has 3 rings (SSSR count). The van der Waals surface area contributed by atoms with Crippen LogP contribution in [0.5, 0.6) is 0 Å². The van der Waals surface area contributed by atoms with Gasteiger partial charge in [-0.3, -0.25) is 0 Å². The first-order chi connectivity index (χ1) is 8.36.